The molecule has 0 saturated carbocycles. The quantitative estimate of drug-likeness (QED) is 0.661. The van der Waals surface area contributed by atoms with Crippen LogP contribution >= 0.6 is 0 Å². The summed E-state index contributed by atoms with van der Waals surface area (Å²) >= 11 is 0. The molecule has 1 amide bonds. The van der Waals surface area contributed by atoms with E-state index in [1.54, 1.807) is 21.3 Å². The van der Waals surface area contributed by atoms with Gasteiger partial charge in [-0.25, -0.2) is 0 Å². The SMILES string of the molecule is COCc1cc([C@@H]2C[C@H]3CN(Cc4ccccc4OC)C(=O)[C@]34CCCN24)ccc1OC. The van der Waals surface area contributed by atoms with Gasteiger partial charge in [0, 0.05) is 43.3 Å². The number of likely N-dealkylation sites (tertiary alicyclic amines) is 1. The molecule has 3 aliphatic rings. The summed E-state index contributed by atoms with van der Waals surface area (Å²) in [6.45, 7) is 2.91. The van der Waals surface area contributed by atoms with Gasteiger partial charge in [-0.1, -0.05) is 24.3 Å². The molecule has 2 aromatic carbocycles. The zero-order valence-electron chi connectivity index (χ0n) is 19.2. The number of carbonyl (C=O) groups is 1. The molecule has 3 fully saturated rings. The van der Waals surface area contributed by atoms with Crippen LogP contribution < -0.4 is 9.47 Å². The van der Waals surface area contributed by atoms with E-state index in [0.29, 0.717) is 25.0 Å². The van der Waals surface area contributed by atoms with Gasteiger partial charge in [0.1, 0.15) is 17.0 Å². The highest BCUT2D eigenvalue weighted by Gasteiger charge is 2.65. The zero-order chi connectivity index (χ0) is 22.3. The summed E-state index contributed by atoms with van der Waals surface area (Å²) < 4.78 is 16.4. The number of ether oxygens (including phenoxy) is 3. The van der Waals surface area contributed by atoms with Crippen molar-refractivity contribution in [3.05, 3.63) is 59.2 Å². The molecule has 6 nitrogen and oxygen atoms in total. The first kappa shape index (κ1) is 21.3. The second-order valence-corrected chi connectivity index (χ2v) is 9.17. The number of benzene rings is 2. The zero-order valence-corrected chi connectivity index (χ0v) is 19.2. The van der Waals surface area contributed by atoms with E-state index in [-0.39, 0.29) is 11.6 Å². The standard InChI is InChI=1S/C26H32N2O4/c1-30-17-20-13-18(9-10-24(20)32-3)22-14-21-16-27(15-19-7-4-5-8-23(19)31-2)25(29)26(21)11-6-12-28(22)26/h4-5,7-10,13,21-22H,6,11-12,14-17H2,1-3H3/t21-,22-,26-/m0/s1. The minimum atomic E-state index is -0.353. The molecule has 0 aromatic heterocycles. The van der Waals surface area contributed by atoms with Gasteiger partial charge in [0.25, 0.3) is 0 Å². The van der Waals surface area contributed by atoms with Crippen molar-refractivity contribution in [1.29, 1.82) is 0 Å². The van der Waals surface area contributed by atoms with Crippen molar-refractivity contribution in [2.24, 2.45) is 5.92 Å². The Bertz CT molecular complexity index is 1010. The summed E-state index contributed by atoms with van der Waals surface area (Å²) in [5, 5.41) is 0. The van der Waals surface area contributed by atoms with E-state index < -0.39 is 0 Å². The lowest BCUT2D eigenvalue weighted by Gasteiger charge is -2.34. The molecule has 2 aromatic rings. The van der Waals surface area contributed by atoms with Crippen LogP contribution in [-0.4, -0.2) is 55.7 Å². The van der Waals surface area contributed by atoms with E-state index in [0.717, 1.165) is 55.0 Å². The lowest BCUT2D eigenvalue weighted by Crippen LogP contribution is -2.49. The molecule has 32 heavy (non-hydrogen) atoms. The summed E-state index contributed by atoms with van der Waals surface area (Å²) in [6, 6.07) is 14.7. The molecule has 3 saturated heterocycles. The van der Waals surface area contributed by atoms with E-state index in [2.05, 4.69) is 28.0 Å². The van der Waals surface area contributed by atoms with E-state index in [1.165, 1.54) is 5.56 Å². The Balaban J connectivity index is 1.41. The maximum atomic E-state index is 13.8. The van der Waals surface area contributed by atoms with Gasteiger partial charge < -0.3 is 19.1 Å². The minimum absolute atomic E-state index is 0.265. The van der Waals surface area contributed by atoms with Crippen LogP contribution in [-0.2, 0) is 22.7 Å². The van der Waals surface area contributed by atoms with Gasteiger partial charge in [0.05, 0.1) is 20.8 Å². The van der Waals surface area contributed by atoms with E-state index in [4.69, 9.17) is 14.2 Å². The van der Waals surface area contributed by atoms with Crippen molar-refractivity contribution in [1.82, 2.24) is 9.80 Å². The average Bonchev–Trinajstić information content (AvgIpc) is 3.45. The molecule has 0 bridgehead atoms. The third kappa shape index (κ3) is 3.20. The van der Waals surface area contributed by atoms with Gasteiger partial charge in [-0.2, -0.15) is 0 Å². The number of para-hydroxylation sites is 1. The Morgan fingerprint density at radius 2 is 1.81 bits per heavy atom. The predicted octanol–water partition coefficient (Wildman–Crippen LogP) is 3.79. The van der Waals surface area contributed by atoms with Crippen LogP contribution in [0, 0.1) is 5.92 Å². The fraction of sp³-hybridized carbons (Fsp3) is 0.500. The summed E-state index contributed by atoms with van der Waals surface area (Å²) in [7, 11) is 5.09. The monoisotopic (exact) mass is 436 g/mol. The van der Waals surface area contributed by atoms with Crippen LogP contribution in [0.25, 0.3) is 0 Å². The van der Waals surface area contributed by atoms with E-state index in [9.17, 15) is 4.79 Å². The molecule has 6 heteroatoms. The maximum absolute atomic E-state index is 13.8. The van der Waals surface area contributed by atoms with Crippen molar-refractivity contribution >= 4 is 5.91 Å². The number of methoxy groups -OCH3 is 3. The van der Waals surface area contributed by atoms with Crippen molar-refractivity contribution in [3.8, 4) is 11.5 Å². The van der Waals surface area contributed by atoms with Crippen molar-refractivity contribution < 1.29 is 19.0 Å². The van der Waals surface area contributed by atoms with Gasteiger partial charge in [0.2, 0.25) is 5.91 Å². The Kier molecular flexibility index (Phi) is 5.59. The maximum Gasteiger partial charge on any atom is 0.243 e. The van der Waals surface area contributed by atoms with Crippen LogP contribution in [0.5, 0.6) is 11.5 Å². The molecule has 5 rings (SSSR count). The second-order valence-electron chi connectivity index (χ2n) is 9.17. The third-order valence-corrected chi connectivity index (χ3v) is 7.67. The number of rotatable bonds is 7. The highest BCUT2D eigenvalue weighted by atomic mass is 16.5. The minimum Gasteiger partial charge on any atom is -0.496 e. The van der Waals surface area contributed by atoms with Gasteiger partial charge in [0.15, 0.2) is 0 Å². The fourth-order valence-electron chi connectivity index (χ4n) is 6.34. The van der Waals surface area contributed by atoms with Crippen molar-refractivity contribution in [2.75, 3.05) is 34.4 Å². The van der Waals surface area contributed by atoms with Crippen molar-refractivity contribution in [3.63, 3.8) is 0 Å². The van der Waals surface area contributed by atoms with Gasteiger partial charge in [-0.05, 0) is 49.6 Å². The fourth-order valence-corrected chi connectivity index (χ4v) is 6.34. The predicted molar refractivity (Wildman–Crippen MR) is 122 cm³/mol. The Hall–Kier alpha value is -2.57. The summed E-state index contributed by atoms with van der Waals surface area (Å²) in [5.74, 6) is 2.34. The Labute approximate surface area is 190 Å². The van der Waals surface area contributed by atoms with Crippen LogP contribution in [0.3, 0.4) is 0 Å². The highest BCUT2D eigenvalue weighted by Crippen LogP contribution is 2.56. The van der Waals surface area contributed by atoms with Crippen molar-refractivity contribution in [2.45, 2.75) is 44.0 Å². The lowest BCUT2D eigenvalue weighted by atomic mass is 9.85. The largest absolute Gasteiger partial charge is 0.496 e. The summed E-state index contributed by atoms with van der Waals surface area (Å²) in [6.07, 6.45) is 3.03. The number of hydrogen-bond acceptors (Lipinski definition) is 5. The van der Waals surface area contributed by atoms with E-state index >= 15 is 0 Å². The summed E-state index contributed by atoms with van der Waals surface area (Å²) in [5.41, 5.74) is 3.04. The summed E-state index contributed by atoms with van der Waals surface area (Å²) in [4.78, 5) is 18.4. The first-order valence-corrected chi connectivity index (χ1v) is 11.5. The molecular formula is C26H32N2O4. The Morgan fingerprint density at radius 1 is 1.03 bits per heavy atom. The normalized spacial score (nSPS) is 27.0. The molecule has 1 spiro atoms. The van der Waals surface area contributed by atoms with Crippen LogP contribution in [0.4, 0.5) is 0 Å². The van der Waals surface area contributed by atoms with Crippen LogP contribution in [0.15, 0.2) is 42.5 Å². The third-order valence-electron chi connectivity index (χ3n) is 7.67. The number of amides is 1. The van der Waals surface area contributed by atoms with Gasteiger partial charge in [-0.3, -0.25) is 9.69 Å². The molecular weight excluding hydrogens is 404 g/mol. The molecule has 0 N–H and O–H groups in total. The second kappa shape index (κ2) is 8.41. The molecule has 0 aliphatic carbocycles. The van der Waals surface area contributed by atoms with Crippen LogP contribution in [0.1, 0.15) is 42.0 Å². The van der Waals surface area contributed by atoms with Gasteiger partial charge >= 0.3 is 0 Å². The number of hydrogen-bond donors (Lipinski definition) is 0. The average molecular weight is 437 g/mol. The molecule has 0 radical (unpaired) electrons. The highest BCUT2D eigenvalue weighted by molar-refractivity contribution is 5.90. The number of nitrogens with zero attached hydrogens (tertiary/aromatic N) is 2. The Morgan fingerprint density at radius 3 is 2.59 bits per heavy atom. The van der Waals surface area contributed by atoms with Gasteiger partial charge in [-0.15, -0.1) is 0 Å². The van der Waals surface area contributed by atoms with Crippen LogP contribution in [0.2, 0.25) is 0 Å². The number of carbonyl (C=O) groups excluding carboxylic acids is 1. The molecule has 3 aliphatic heterocycles. The molecule has 3 atom stereocenters. The smallest absolute Gasteiger partial charge is 0.243 e. The first-order chi connectivity index (χ1) is 15.6. The topological polar surface area (TPSA) is 51.2 Å². The first-order valence-electron chi connectivity index (χ1n) is 11.5. The molecule has 0 unspecified atom stereocenters. The molecule has 3 heterocycles. The lowest BCUT2D eigenvalue weighted by molar-refractivity contribution is -0.137. The molecule has 170 valence electrons. The van der Waals surface area contributed by atoms with E-state index in [1.807, 2.05) is 24.3 Å².